The number of amides is 1. The van der Waals surface area contributed by atoms with Gasteiger partial charge in [-0.3, -0.25) is 9.36 Å². The van der Waals surface area contributed by atoms with Gasteiger partial charge in [0.05, 0.1) is 17.4 Å². The van der Waals surface area contributed by atoms with Crippen molar-refractivity contribution in [3.8, 4) is 11.4 Å². The number of nitrogens with zero attached hydrogens (tertiary/aromatic N) is 3. The number of anilines is 1. The molecule has 1 aromatic heterocycles. The lowest BCUT2D eigenvalue weighted by Gasteiger charge is -2.18. The zero-order valence-corrected chi connectivity index (χ0v) is 18.6. The highest BCUT2D eigenvalue weighted by atomic mass is 19.1. The maximum Gasteiger partial charge on any atom is 0.350 e. The molecule has 0 radical (unpaired) electrons. The number of para-hydroxylation sites is 1. The van der Waals surface area contributed by atoms with Gasteiger partial charge in [0.1, 0.15) is 28.9 Å². The van der Waals surface area contributed by atoms with Gasteiger partial charge in [-0.1, -0.05) is 25.5 Å². The van der Waals surface area contributed by atoms with Gasteiger partial charge in [-0.2, -0.15) is 4.68 Å². The second kappa shape index (κ2) is 9.56. The summed E-state index contributed by atoms with van der Waals surface area (Å²) in [6, 6.07) is 8.03. The number of hydrogen-bond donors (Lipinski definition) is 1. The van der Waals surface area contributed by atoms with E-state index < -0.39 is 23.2 Å². The third kappa shape index (κ3) is 4.67. The number of hydrogen-bond acceptors (Lipinski definition) is 4. The highest BCUT2D eigenvalue weighted by molar-refractivity contribution is 6.06. The Morgan fingerprint density at radius 2 is 2.00 bits per heavy atom. The van der Waals surface area contributed by atoms with Crippen molar-refractivity contribution >= 4 is 11.6 Å². The van der Waals surface area contributed by atoms with Crippen LogP contribution in [0.1, 0.15) is 55.7 Å². The lowest BCUT2D eigenvalue weighted by molar-refractivity contribution is 0.101. The molecule has 0 fully saturated rings. The van der Waals surface area contributed by atoms with Crippen LogP contribution in [0.2, 0.25) is 0 Å². The van der Waals surface area contributed by atoms with Gasteiger partial charge in [0.15, 0.2) is 0 Å². The number of carbonyl (C=O) groups is 1. The second-order valence-corrected chi connectivity index (χ2v) is 8.17. The van der Waals surface area contributed by atoms with E-state index in [0.29, 0.717) is 25.2 Å². The molecule has 0 spiro atoms. The molecule has 1 aliphatic rings. The Balaban J connectivity index is 1.76. The van der Waals surface area contributed by atoms with Crippen molar-refractivity contribution in [2.24, 2.45) is 0 Å². The van der Waals surface area contributed by atoms with Crippen LogP contribution in [0.4, 0.5) is 14.5 Å². The van der Waals surface area contributed by atoms with Crippen molar-refractivity contribution in [3.05, 3.63) is 69.9 Å². The van der Waals surface area contributed by atoms with Crippen molar-refractivity contribution in [3.63, 3.8) is 0 Å². The molecular weight excluding hydrogens is 430 g/mol. The van der Waals surface area contributed by atoms with E-state index in [1.54, 1.807) is 10.6 Å². The first-order valence-corrected chi connectivity index (χ1v) is 11.1. The zero-order valence-electron chi connectivity index (χ0n) is 18.6. The fourth-order valence-corrected chi connectivity index (χ4v) is 3.97. The Morgan fingerprint density at radius 3 is 2.73 bits per heavy atom. The number of carbonyl (C=O) groups excluding carboxylic acids is 1. The average molecular weight is 456 g/mol. The molecule has 0 unspecified atom stereocenters. The summed E-state index contributed by atoms with van der Waals surface area (Å²) in [7, 11) is 0. The predicted molar refractivity (Wildman–Crippen MR) is 120 cm³/mol. The quantitative estimate of drug-likeness (QED) is 0.569. The second-order valence-electron chi connectivity index (χ2n) is 8.17. The lowest BCUT2D eigenvalue weighted by Crippen LogP contribution is -2.27. The Labute approximate surface area is 190 Å². The molecule has 1 N–H and O–H groups in total. The molecule has 4 rings (SSSR count). The van der Waals surface area contributed by atoms with Crippen molar-refractivity contribution < 1.29 is 18.3 Å². The van der Waals surface area contributed by atoms with E-state index in [2.05, 4.69) is 10.4 Å². The molecular formula is C24H26F2N4O3. The summed E-state index contributed by atoms with van der Waals surface area (Å²) in [5.74, 6) is -1.43. The number of halogens is 2. The minimum Gasteiger partial charge on any atom is -0.490 e. The highest BCUT2D eigenvalue weighted by Crippen LogP contribution is 2.28. The van der Waals surface area contributed by atoms with Gasteiger partial charge in [0.2, 0.25) is 0 Å². The van der Waals surface area contributed by atoms with E-state index in [0.717, 1.165) is 30.0 Å². The Morgan fingerprint density at radius 1 is 1.21 bits per heavy atom. The van der Waals surface area contributed by atoms with E-state index in [1.807, 2.05) is 13.8 Å². The third-order valence-electron chi connectivity index (χ3n) is 5.64. The summed E-state index contributed by atoms with van der Waals surface area (Å²) >= 11 is 0. The van der Waals surface area contributed by atoms with Gasteiger partial charge in [-0.25, -0.2) is 13.6 Å². The maximum absolute atomic E-state index is 15.2. The van der Waals surface area contributed by atoms with Crippen LogP contribution in [0.3, 0.4) is 0 Å². The Hall–Kier alpha value is -3.49. The van der Waals surface area contributed by atoms with Gasteiger partial charge < -0.3 is 10.1 Å². The first-order valence-electron chi connectivity index (χ1n) is 11.1. The van der Waals surface area contributed by atoms with Crippen molar-refractivity contribution in [2.45, 2.75) is 58.6 Å². The summed E-state index contributed by atoms with van der Waals surface area (Å²) in [4.78, 5) is 25.8. The number of fused-ring (bicyclic) bond motifs is 1. The molecule has 1 amide bonds. The van der Waals surface area contributed by atoms with E-state index >= 15 is 4.39 Å². The van der Waals surface area contributed by atoms with Gasteiger partial charge >= 0.3 is 5.69 Å². The number of rotatable bonds is 7. The normalized spacial score (nSPS) is 13.9. The van der Waals surface area contributed by atoms with E-state index in [9.17, 15) is 14.0 Å². The molecule has 0 saturated carbocycles. The largest absolute Gasteiger partial charge is 0.490 e. The SMILES string of the molecule is CCC[C@H](C)Oc1cc(-n2nc3n(c2=O)CCCC3)c(F)cc1C(=O)Nc1ccccc1F. The van der Waals surface area contributed by atoms with Crippen molar-refractivity contribution in [2.75, 3.05) is 5.32 Å². The zero-order chi connectivity index (χ0) is 23.5. The Bertz CT molecular complexity index is 1230. The summed E-state index contributed by atoms with van der Waals surface area (Å²) in [5, 5.41) is 6.77. The van der Waals surface area contributed by atoms with Crippen molar-refractivity contribution in [1.82, 2.24) is 14.3 Å². The molecule has 7 nitrogen and oxygen atoms in total. The number of aromatic nitrogens is 3. The summed E-state index contributed by atoms with van der Waals surface area (Å²) in [5.41, 5.74) is -0.653. The smallest absolute Gasteiger partial charge is 0.350 e. The van der Waals surface area contributed by atoms with Crippen molar-refractivity contribution in [1.29, 1.82) is 0 Å². The van der Waals surface area contributed by atoms with Crippen LogP contribution in [0, 0.1) is 11.6 Å². The third-order valence-corrected chi connectivity index (χ3v) is 5.64. The van der Waals surface area contributed by atoms with Gasteiger partial charge in [-0.05, 0) is 44.4 Å². The molecule has 174 valence electrons. The van der Waals surface area contributed by atoms with E-state index in [4.69, 9.17) is 4.74 Å². The minimum atomic E-state index is -0.804. The summed E-state index contributed by atoms with van der Waals surface area (Å²) < 4.78 is 37.8. The van der Waals surface area contributed by atoms with Crippen LogP contribution < -0.4 is 15.7 Å². The van der Waals surface area contributed by atoms with Crippen LogP contribution in [0.25, 0.3) is 5.69 Å². The lowest BCUT2D eigenvalue weighted by atomic mass is 10.1. The molecule has 9 heteroatoms. The van der Waals surface area contributed by atoms with Crippen LogP contribution in [-0.2, 0) is 13.0 Å². The first-order chi connectivity index (χ1) is 15.9. The number of aryl methyl sites for hydroxylation is 1. The monoisotopic (exact) mass is 456 g/mol. The summed E-state index contributed by atoms with van der Waals surface area (Å²) in [6.07, 6.45) is 3.71. The fourth-order valence-electron chi connectivity index (χ4n) is 3.97. The van der Waals surface area contributed by atoms with Crippen LogP contribution in [0.15, 0.2) is 41.2 Å². The number of benzene rings is 2. The number of ether oxygens (including phenoxy) is 1. The number of nitrogens with one attached hydrogen (secondary N) is 1. The minimum absolute atomic E-state index is 0.0301. The van der Waals surface area contributed by atoms with Crippen LogP contribution in [-0.4, -0.2) is 26.4 Å². The molecule has 33 heavy (non-hydrogen) atoms. The molecule has 3 aromatic rings. The molecule has 0 bridgehead atoms. The van der Waals surface area contributed by atoms with Gasteiger partial charge in [0.25, 0.3) is 5.91 Å². The van der Waals surface area contributed by atoms with Crippen LogP contribution >= 0.6 is 0 Å². The van der Waals surface area contributed by atoms with E-state index in [1.165, 1.54) is 24.3 Å². The molecule has 0 saturated heterocycles. The molecule has 2 aromatic carbocycles. The van der Waals surface area contributed by atoms with E-state index in [-0.39, 0.29) is 28.8 Å². The molecule has 2 heterocycles. The molecule has 1 atom stereocenters. The molecule has 0 aliphatic carbocycles. The van der Waals surface area contributed by atoms with Crippen LogP contribution in [0.5, 0.6) is 5.75 Å². The average Bonchev–Trinajstić information content (AvgIpc) is 3.13. The highest BCUT2D eigenvalue weighted by Gasteiger charge is 2.24. The van der Waals surface area contributed by atoms with Gasteiger partial charge in [-0.15, -0.1) is 5.10 Å². The Kier molecular flexibility index (Phi) is 6.57. The topological polar surface area (TPSA) is 78.2 Å². The first kappa shape index (κ1) is 22.7. The fraction of sp³-hybridized carbons (Fsp3) is 0.375. The molecule has 1 aliphatic heterocycles. The van der Waals surface area contributed by atoms with Gasteiger partial charge in [0, 0.05) is 19.0 Å². The predicted octanol–water partition coefficient (Wildman–Crippen LogP) is 4.47. The standard InChI is InChI=1S/C24H26F2N4O3/c1-3-8-15(2)33-21-14-20(30-24(32)29-12-7-6-11-22(29)28-30)18(26)13-16(21)23(31)27-19-10-5-4-9-17(19)25/h4-5,9-10,13-15H,3,6-8,11-12H2,1-2H3,(H,27,31)/t15-/m0/s1. The maximum atomic E-state index is 15.2. The summed E-state index contributed by atoms with van der Waals surface area (Å²) in [6.45, 7) is 4.37.